The number of fused-ring (bicyclic) bond motifs is 1. The Labute approximate surface area is 204 Å². The van der Waals surface area contributed by atoms with E-state index in [4.69, 9.17) is 10.1 Å². The van der Waals surface area contributed by atoms with Gasteiger partial charge in [-0.2, -0.15) is 4.52 Å². The Kier molecular flexibility index (Phi) is 6.61. The largest absolute Gasteiger partial charge is 0.364 e. The number of carbonyl (C=O) groups is 1. The van der Waals surface area contributed by atoms with Gasteiger partial charge in [0.05, 0.1) is 6.54 Å². The first kappa shape index (κ1) is 23.8. The first-order valence-corrected chi connectivity index (χ1v) is 12.3. The Morgan fingerprint density at radius 3 is 2.50 bits per heavy atom. The third-order valence-electron chi connectivity index (χ3n) is 5.39. The number of para-hydroxylation sites is 1. The molecule has 0 aliphatic rings. The minimum absolute atomic E-state index is 0.0791. The highest BCUT2D eigenvalue weighted by Crippen LogP contribution is 2.34. The van der Waals surface area contributed by atoms with Crippen molar-refractivity contribution in [2.45, 2.75) is 46.6 Å². The minimum Gasteiger partial charge on any atom is -0.364 e. The summed E-state index contributed by atoms with van der Waals surface area (Å²) < 4.78 is 1.85. The van der Waals surface area contributed by atoms with Crippen LogP contribution in [0.1, 0.15) is 38.8 Å². The van der Waals surface area contributed by atoms with Gasteiger partial charge in [-0.3, -0.25) is 4.79 Å². The van der Waals surface area contributed by atoms with Crippen LogP contribution in [0.15, 0.2) is 48.5 Å². The smallest absolute Gasteiger partial charge is 0.243 e. The molecule has 0 spiro atoms. The number of likely N-dealkylation sites (N-methyl/N-ethyl adjacent to an activating group) is 1. The number of carbonyl (C=O) groups excluding carboxylic acids is 1. The molecule has 1 amide bonds. The molecule has 2 heterocycles. The number of rotatable bonds is 7. The third-order valence-corrected chi connectivity index (χ3v) is 6.41. The molecule has 0 unspecified atom stereocenters. The number of hydrogen-bond donors (Lipinski definition) is 2. The standard InChI is InChI=1S/C26H32N6OS/c1-7-18-10-8-9-11-20(18)27-21(33)16-31(6)25-30-32-23(29-26(3,4)5)22(28-24(32)34-25)19-14-12-17(2)13-15-19/h8-15,29H,7,16H2,1-6H3,(H,27,33). The lowest BCUT2D eigenvalue weighted by molar-refractivity contribution is -0.114. The Morgan fingerprint density at radius 1 is 1.12 bits per heavy atom. The fourth-order valence-electron chi connectivity index (χ4n) is 3.70. The molecule has 34 heavy (non-hydrogen) atoms. The first-order chi connectivity index (χ1) is 16.1. The molecule has 8 heteroatoms. The van der Waals surface area contributed by atoms with Gasteiger partial charge in [0.15, 0.2) is 5.82 Å². The summed E-state index contributed by atoms with van der Waals surface area (Å²) in [4.78, 5) is 20.3. The molecule has 4 aromatic rings. The zero-order valence-corrected chi connectivity index (χ0v) is 21.5. The normalized spacial score (nSPS) is 11.6. The van der Waals surface area contributed by atoms with Crippen LogP contribution < -0.4 is 15.5 Å². The molecule has 0 fully saturated rings. The number of imidazole rings is 1. The molecule has 0 aliphatic carbocycles. The van der Waals surface area contributed by atoms with E-state index in [1.54, 1.807) is 0 Å². The van der Waals surface area contributed by atoms with E-state index >= 15 is 0 Å². The van der Waals surface area contributed by atoms with Gasteiger partial charge < -0.3 is 15.5 Å². The van der Waals surface area contributed by atoms with Crippen molar-refractivity contribution in [1.29, 1.82) is 0 Å². The van der Waals surface area contributed by atoms with Crippen LogP contribution >= 0.6 is 11.3 Å². The van der Waals surface area contributed by atoms with Crippen molar-refractivity contribution in [2.75, 3.05) is 29.1 Å². The summed E-state index contributed by atoms with van der Waals surface area (Å²) in [5, 5.41) is 12.1. The van der Waals surface area contributed by atoms with Gasteiger partial charge in [0.2, 0.25) is 16.0 Å². The van der Waals surface area contributed by atoms with Gasteiger partial charge in [0.1, 0.15) is 5.69 Å². The van der Waals surface area contributed by atoms with E-state index in [0.29, 0.717) is 0 Å². The number of anilines is 3. The van der Waals surface area contributed by atoms with Gasteiger partial charge in [0.25, 0.3) is 0 Å². The van der Waals surface area contributed by atoms with Crippen LogP contribution in [0.25, 0.3) is 16.2 Å². The second-order valence-electron chi connectivity index (χ2n) is 9.54. The molecule has 7 nitrogen and oxygen atoms in total. The van der Waals surface area contributed by atoms with Crippen LogP contribution in [0.4, 0.5) is 16.6 Å². The maximum Gasteiger partial charge on any atom is 0.243 e. The molecule has 2 N–H and O–H groups in total. The molecule has 0 atom stereocenters. The molecule has 4 rings (SSSR count). The number of benzene rings is 2. The van der Waals surface area contributed by atoms with E-state index in [1.165, 1.54) is 16.9 Å². The Bertz CT molecular complexity index is 1300. The van der Waals surface area contributed by atoms with Crippen LogP contribution in [0.3, 0.4) is 0 Å². The summed E-state index contributed by atoms with van der Waals surface area (Å²) in [5.74, 6) is 0.771. The van der Waals surface area contributed by atoms with Crippen molar-refractivity contribution in [3.8, 4) is 11.3 Å². The summed E-state index contributed by atoms with van der Waals surface area (Å²) in [6.07, 6.45) is 0.864. The van der Waals surface area contributed by atoms with Crippen molar-refractivity contribution in [3.63, 3.8) is 0 Å². The molecule has 0 saturated heterocycles. The average Bonchev–Trinajstić information content (AvgIpc) is 3.33. The van der Waals surface area contributed by atoms with E-state index in [0.717, 1.165) is 44.8 Å². The molecule has 2 aromatic carbocycles. The van der Waals surface area contributed by atoms with Gasteiger partial charge >= 0.3 is 0 Å². The second kappa shape index (κ2) is 9.46. The van der Waals surface area contributed by atoms with E-state index in [9.17, 15) is 4.79 Å². The molecule has 2 aromatic heterocycles. The first-order valence-electron chi connectivity index (χ1n) is 11.5. The predicted octanol–water partition coefficient (Wildman–Crippen LogP) is 5.61. The lowest BCUT2D eigenvalue weighted by Crippen LogP contribution is -2.30. The van der Waals surface area contributed by atoms with Crippen molar-refractivity contribution in [3.05, 3.63) is 59.7 Å². The number of hydrogen-bond acceptors (Lipinski definition) is 6. The maximum absolute atomic E-state index is 12.7. The fraction of sp³-hybridized carbons (Fsp3) is 0.346. The SMILES string of the molecule is CCc1ccccc1NC(=O)CN(C)c1nn2c(NC(C)(C)C)c(-c3ccc(C)cc3)nc2s1. The summed E-state index contributed by atoms with van der Waals surface area (Å²) in [5.41, 5.74) is 4.93. The van der Waals surface area contributed by atoms with Crippen molar-refractivity contribution in [1.82, 2.24) is 14.6 Å². The molecule has 0 bridgehead atoms. The third kappa shape index (κ3) is 5.22. The highest BCUT2D eigenvalue weighted by Gasteiger charge is 2.23. The fourth-order valence-corrected chi connectivity index (χ4v) is 4.56. The maximum atomic E-state index is 12.7. The zero-order valence-electron chi connectivity index (χ0n) is 20.6. The van der Waals surface area contributed by atoms with Crippen molar-refractivity contribution >= 4 is 38.8 Å². The highest BCUT2D eigenvalue weighted by molar-refractivity contribution is 7.20. The van der Waals surface area contributed by atoms with E-state index < -0.39 is 0 Å². The lowest BCUT2D eigenvalue weighted by Gasteiger charge is -2.22. The van der Waals surface area contributed by atoms with Gasteiger partial charge in [0, 0.05) is 23.8 Å². The number of aromatic nitrogens is 3. The molecule has 178 valence electrons. The van der Waals surface area contributed by atoms with Gasteiger partial charge in [-0.1, -0.05) is 66.3 Å². The summed E-state index contributed by atoms with van der Waals surface area (Å²) in [6.45, 7) is 10.7. The van der Waals surface area contributed by atoms with Crippen molar-refractivity contribution < 1.29 is 4.79 Å². The van der Waals surface area contributed by atoms with E-state index in [-0.39, 0.29) is 18.0 Å². The molecule has 0 saturated carbocycles. The van der Waals surface area contributed by atoms with Crippen LogP contribution in [0.5, 0.6) is 0 Å². The number of aryl methyl sites for hydroxylation is 2. The van der Waals surface area contributed by atoms with Crippen LogP contribution in [-0.2, 0) is 11.2 Å². The van der Waals surface area contributed by atoms with Crippen LogP contribution in [0, 0.1) is 6.92 Å². The van der Waals surface area contributed by atoms with Gasteiger partial charge in [-0.05, 0) is 45.7 Å². The highest BCUT2D eigenvalue weighted by atomic mass is 32.1. The number of nitrogens with one attached hydrogen (secondary N) is 2. The summed E-state index contributed by atoms with van der Waals surface area (Å²) in [7, 11) is 1.88. The van der Waals surface area contributed by atoms with Gasteiger partial charge in [-0.25, -0.2) is 4.98 Å². The predicted molar refractivity (Wildman–Crippen MR) is 142 cm³/mol. The van der Waals surface area contributed by atoms with E-state index in [1.807, 2.05) is 40.7 Å². The molecular formula is C26H32N6OS. The second-order valence-corrected chi connectivity index (χ2v) is 10.5. The monoisotopic (exact) mass is 476 g/mol. The molecule has 0 aliphatic heterocycles. The number of amides is 1. The topological polar surface area (TPSA) is 74.6 Å². The van der Waals surface area contributed by atoms with Crippen LogP contribution in [-0.4, -0.2) is 39.6 Å². The number of nitrogens with zero attached hydrogens (tertiary/aromatic N) is 4. The minimum atomic E-state index is -0.169. The molecule has 0 radical (unpaired) electrons. The zero-order chi connectivity index (χ0) is 24.5. The lowest BCUT2D eigenvalue weighted by atomic mass is 10.1. The Balaban J connectivity index is 1.60. The van der Waals surface area contributed by atoms with E-state index in [2.05, 4.69) is 69.5 Å². The summed E-state index contributed by atoms with van der Waals surface area (Å²) in [6, 6.07) is 16.2. The van der Waals surface area contributed by atoms with Crippen molar-refractivity contribution in [2.24, 2.45) is 0 Å². The molecular weight excluding hydrogens is 444 g/mol. The Morgan fingerprint density at radius 2 is 1.82 bits per heavy atom. The van der Waals surface area contributed by atoms with Crippen LogP contribution in [0.2, 0.25) is 0 Å². The Hall–Kier alpha value is -3.39. The summed E-state index contributed by atoms with van der Waals surface area (Å²) >= 11 is 1.47. The quantitative estimate of drug-likeness (QED) is 0.362. The van der Waals surface area contributed by atoms with Gasteiger partial charge in [-0.15, -0.1) is 5.10 Å². The average molecular weight is 477 g/mol.